The van der Waals surface area contributed by atoms with E-state index >= 15 is 0 Å². The molecular weight excluding hydrogens is 630 g/mol. The van der Waals surface area contributed by atoms with Crippen LogP contribution in [0.25, 0.3) is 0 Å². The quantitative estimate of drug-likeness (QED) is 0.232. The molecular formula is C20H12F13IO. The van der Waals surface area contributed by atoms with Crippen molar-refractivity contribution in [2.24, 2.45) is 0 Å². The summed E-state index contributed by atoms with van der Waals surface area (Å²) >= 11 is 1.72. The fraction of sp³-hybridized carbons (Fsp3) is 0.400. The van der Waals surface area contributed by atoms with Crippen molar-refractivity contribution in [2.45, 2.75) is 47.8 Å². The predicted octanol–water partition coefficient (Wildman–Crippen LogP) is 7.66. The molecule has 0 fully saturated rings. The molecule has 0 aromatic heterocycles. The van der Waals surface area contributed by atoms with Crippen LogP contribution in [0.5, 0.6) is 0 Å². The van der Waals surface area contributed by atoms with Gasteiger partial charge in [0.15, 0.2) is 0 Å². The van der Waals surface area contributed by atoms with Gasteiger partial charge in [-0.05, 0) is 45.9 Å². The lowest BCUT2D eigenvalue weighted by Gasteiger charge is -2.42. The van der Waals surface area contributed by atoms with Gasteiger partial charge < -0.3 is 5.11 Å². The molecule has 0 amide bonds. The first-order valence-corrected chi connectivity index (χ1v) is 10.1. The van der Waals surface area contributed by atoms with Crippen molar-refractivity contribution in [2.75, 3.05) is 0 Å². The summed E-state index contributed by atoms with van der Waals surface area (Å²) in [4.78, 5) is 0. The molecule has 15 heteroatoms. The number of aliphatic hydroxyl groups is 1. The fourth-order valence-corrected chi connectivity index (χ4v) is 3.40. The van der Waals surface area contributed by atoms with Crippen LogP contribution < -0.4 is 0 Å². The second-order valence-electron chi connectivity index (χ2n) is 7.41. The molecule has 0 radical (unpaired) electrons. The smallest absolute Gasteiger partial charge is 0.380 e. The van der Waals surface area contributed by atoms with Crippen molar-refractivity contribution in [1.29, 1.82) is 0 Å². The lowest BCUT2D eigenvalue weighted by molar-refractivity contribution is -0.441. The van der Waals surface area contributed by atoms with Gasteiger partial charge in [-0.25, -0.2) is 0 Å². The highest BCUT2D eigenvalue weighted by atomic mass is 127. The van der Waals surface area contributed by atoms with Crippen LogP contribution >= 0.6 is 22.6 Å². The third kappa shape index (κ3) is 4.69. The molecule has 0 aliphatic rings. The zero-order valence-corrected chi connectivity index (χ0v) is 18.8. The number of alkyl halides is 13. The third-order valence-corrected chi connectivity index (χ3v) is 5.77. The van der Waals surface area contributed by atoms with Gasteiger partial charge in [0, 0.05) is 3.57 Å². The van der Waals surface area contributed by atoms with E-state index in [9.17, 15) is 62.2 Å². The first-order chi connectivity index (χ1) is 15.6. The van der Waals surface area contributed by atoms with Gasteiger partial charge in [-0.1, -0.05) is 42.5 Å². The van der Waals surface area contributed by atoms with E-state index in [2.05, 4.69) is 0 Å². The second-order valence-corrected chi connectivity index (χ2v) is 8.66. The fourth-order valence-electron chi connectivity index (χ4n) is 3.04. The van der Waals surface area contributed by atoms with Gasteiger partial charge in [0.05, 0.1) is 6.42 Å². The van der Waals surface area contributed by atoms with Crippen LogP contribution in [0.4, 0.5) is 57.1 Å². The first-order valence-electron chi connectivity index (χ1n) is 9.06. The van der Waals surface area contributed by atoms with E-state index in [1.165, 1.54) is 18.2 Å². The molecule has 0 saturated carbocycles. The first kappa shape index (κ1) is 29.5. The van der Waals surface area contributed by atoms with Crippen LogP contribution in [0.15, 0.2) is 54.6 Å². The standard InChI is InChI=1S/C20H12F13IO/c21-15(22,16(23,24)17(25,26)18(27,28)19(29,30)20(31,32)33)10-14(35,11-4-2-1-3-5-11)12-6-8-13(34)9-7-12/h1-9,35H,10H2. The topological polar surface area (TPSA) is 20.2 Å². The Morgan fingerprint density at radius 2 is 0.943 bits per heavy atom. The molecule has 2 aromatic carbocycles. The Labute approximate surface area is 202 Å². The highest BCUT2D eigenvalue weighted by Crippen LogP contribution is 2.61. The zero-order valence-electron chi connectivity index (χ0n) is 16.6. The van der Waals surface area contributed by atoms with Crippen molar-refractivity contribution in [3.63, 3.8) is 0 Å². The van der Waals surface area contributed by atoms with E-state index in [0.29, 0.717) is 3.57 Å². The molecule has 0 heterocycles. The molecule has 0 bridgehead atoms. The van der Waals surface area contributed by atoms with E-state index in [1.54, 1.807) is 22.6 Å². The molecule has 2 rings (SSSR count). The molecule has 0 saturated heterocycles. The number of hydrogen-bond donors (Lipinski definition) is 1. The maximum Gasteiger partial charge on any atom is 0.460 e. The molecule has 35 heavy (non-hydrogen) atoms. The summed E-state index contributed by atoms with van der Waals surface area (Å²) in [6.45, 7) is 0. The molecule has 2 aromatic rings. The Bertz CT molecular complexity index is 1020. The third-order valence-electron chi connectivity index (χ3n) is 5.05. The van der Waals surface area contributed by atoms with Crippen molar-refractivity contribution in [3.8, 4) is 0 Å². The van der Waals surface area contributed by atoms with E-state index in [0.717, 1.165) is 36.4 Å². The Hall–Kier alpha value is -1.78. The SMILES string of the molecule is OC(CC(F)(F)C(F)(F)C(F)(F)C(F)(F)C(F)(F)C(F)(F)F)(c1ccccc1)c1ccc(I)cc1. The minimum atomic E-state index is -8.00. The van der Waals surface area contributed by atoms with Crippen molar-refractivity contribution in [1.82, 2.24) is 0 Å². The molecule has 0 aliphatic carbocycles. The lowest BCUT2D eigenvalue weighted by Crippen LogP contribution is -2.70. The minimum Gasteiger partial charge on any atom is -0.380 e. The Morgan fingerprint density at radius 3 is 1.37 bits per heavy atom. The van der Waals surface area contributed by atoms with Gasteiger partial charge in [-0.3, -0.25) is 0 Å². The van der Waals surface area contributed by atoms with Gasteiger partial charge in [0.2, 0.25) is 0 Å². The van der Waals surface area contributed by atoms with Crippen LogP contribution in [0.1, 0.15) is 17.5 Å². The number of rotatable bonds is 8. The van der Waals surface area contributed by atoms with E-state index in [1.807, 2.05) is 0 Å². The normalized spacial score (nSPS) is 16.2. The summed E-state index contributed by atoms with van der Waals surface area (Å²) in [5.41, 5.74) is -4.53. The van der Waals surface area contributed by atoms with Crippen LogP contribution in [-0.4, -0.2) is 40.9 Å². The Balaban J connectivity index is 2.65. The summed E-state index contributed by atoms with van der Waals surface area (Å²) in [5.74, 6) is -37.7. The van der Waals surface area contributed by atoms with Crippen molar-refractivity contribution < 1.29 is 62.2 Å². The summed E-state index contributed by atoms with van der Waals surface area (Å²) in [7, 11) is 0. The monoisotopic (exact) mass is 642 g/mol. The molecule has 196 valence electrons. The van der Waals surface area contributed by atoms with E-state index in [4.69, 9.17) is 0 Å². The van der Waals surface area contributed by atoms with Gasteiger partial charge in [0.1, 0.15) is 5.60 Å². The summed E-state index contributed by atoms with van der Waals surface area (Å²) in [6, 6.07) is 9.43. The van der Waals surface area contributed by atoms with Gasteiger partial charge in [-0.2, -0.15) is 57.1 Å². The van der Waals surface area contributed by atoms with Crippen LogP contribution in [0.2, 0.25) is 0 Å². The van der Waals surface area contributed by atoms with Gasteiger partial charge in [0.25, 0.3) is 0 Å². The minimum absolute atomic E-state index is 0.430. The molecule has 0 aliphatic heterocycles. The Kier molecular flexibility index (Phi) is 7.53. The second kappa shape index (κ2) is 8.95. The van der Waals surface area contributed by atoms with Crippen molar-refractivity contribution >= 4 is 22.6 Å². The van der Waals surface area contributed by atoms with Crippen LogP contribution in [-0.2, 0) is 5.60 Å². The summed E-state index contributed by atoms with van der Waals surface area (Å²) in [5, 5.41) is 10.9. The van der Waals surface area contributed by atoms with Gasteiger partial charge in [-0.15, -0.1) is 0 Å². The number of benzene rings is 2. The van der Waals surface area contributed by atoms with E-state index < -0.39 is 58.9 Å². The number of hydrogen-bond acceptors (Lipinski definition) is 1. The molecule has 1 atom stereocenters. The van der Waals surface area contributed by atoms with Crippen LogP contribution in [0.3, 0.4) is 0 Å². The largest absolute Gasteiger partial charge is 0.460 e. The molecule has 1 unspecified atom stereocenters. The lowest BCUT2D eigenvalue weighted by atomic mass is 9.79. The van der Waals surface area contributed by atoms with Crippen LogP contribution in [0, 0.1) is 3.57 Å². The molecule has 1 N–H and O–H groups in total. The maximum atomic E-state index is 14.6. The highest BCUT2D eigenvalue weighted by Gasteiger charge is 2.90. The summed E-state index contributed by atoms with van der Waals surface area (Å²) in [6.07, 6.45) is -10.3. The number of halogens is 14. The van der Waals surface area contributed by atoms with E-state index in [-0.39, 0.29) is 0 Å². The highest BCUT2D eigenvalue weighted by molar-refractivity contribution is 14.1. The molecule has 1 nitrogen and oxygen atoms in total. The zero-order chi connectivity index (χ0) is 27.3. The summed E-state index contributed by atoms with van der Waals surface area (Å²) < 4.78 is 176. The predicted molar refractivity (Wildman–Crippen MR) is 104 cm³/mol. The van der Waals surface area contributed by atoms with Crippen molar-refractivity contribution in [3.05, 3.63) is 69.3 Å². The average Bonchev–Trinajstić information content (AvgIpc) is 2.73. The van der Waals surface area contributed by atoms with Gasteiger partial charge >= 0.3 is 35.8 Å². The maximum absolute atomic E-state index is 14.6. The average molecular weight is 642 g/mol. The molecule has 0 spiro atoms. The Morgan fingerprint density at radius 1 is 0.543 bits per heavy atom.